The van der Waals surface area contributed by atoms with Gasteiger partial charge in [-0.1, -0.05) is 6.07 Å². The lowest BCUT2D eigenvalue weighted by atomic mass is 10.3. The van der Waals surface area contributed by atoms with Gasteiger partial charge in [0.1, 0.15) is 5.75 Å². The van der Waals surface area contributed by atoms with E-state index in [0.29, 0.717) is 6.54 Å². The Kier molecular flexibility index (Phi) is 6.30. The topological polar surface area (TPSA) is 65.6 Å². The number of piperazine rings is 1. The molecule has 0 saturated carbocycles. The molecule has 1 aliphatic rings. The van der Waals surface area contributed by atoms with Crippen LogP contribution in [0.1, 0.15) is 6.42 Å². The lowest BCUT2D eigenvalue weighted by molar-refractivity contribution is 0.234. The second-order valence-electron chi connectivity index (χ2n) is 5.06. The number of benzene rings is 1. The molecule has 6 nitrogen and oxygen atoms in total. The van der Waals surface area contributed by atoms with Crippen LogP contribution in [0.3, 0.4) is 0 Å². The Labute approximate surface area is 125 Å². The van der Waals surface area contributed by atoms with Crippen molar-refractivity contribution in [3.05, 3.63) is 24.3 Å². The summed E-state index contributed by atoms with van der Waals surface area (Å²) in [5, 5.41) is 9.00. The number of nitrogens with zero attached hydrogens (tertiary/aromatic N) is 1. The Morgan fingerprint density at radius 3 is 2.95 bits per heavy atom. The number of urea groups is 1. The Bertz CT molecular complexity index is 447. The monoisotopic (exact) mass is 292 g/mol. The maximum Gasteiger partial charge on any atom is 0.319 e. The highest BCUT2D eigenvalue weighted by Gasteiger charge is 2.08. The smallest absolute Gasteiger partial charge is 0.319 e. The number of carbonyl (C=O) groups is 1. The van der Waals surface area contributed by atoms with E-state index >= 15 is 0 Å². The molecule has 0 spiro atoms. The molecule has 1 aliphatic heterocycles. The van der Waals surface area contributed by atoms with E-state index in [1.807, 2.05) is 18.2 Å². The fraction of sp³-hybridized carbons (Fsp3) is 0.533. The van der Waals surface area contributed by atoms with E-state index in [9.17, 15) is 4.79 Å². The fourth-order valence-electron chi connectivity index (χ4n) is 2.32. The van der Waals surface area contributed by atoms with Gasteiger partial charge < -0.3 is 25.6 Å². The Hall–Kier alpha value is -1.79. The molecule has 2 amide bonds. The number of ether oxygens (including phenoxy) is 1. The first kappa shape index (κ1) is 15.6. The van der Waals surface area contributed by atoms with Crippen molar-refractivity contribution in [2.24, 2.45) is 0 Å². The fourth-order valence-corrected chi connectivity index (χ4v) is 2.32. The number of hydrogen-bond acceptors (Lipinski definition) is 4. The summed E-state index contributed by atoms with van der Waals surface area (Å²) >= 11 is 0. The van der Waals surface area contributed by atoms with Crippen molar-refractivity contribution < 1.29 is 9.53 Å². The zero-order valence-corrected chi connectivity index (χ0v) is 12.5. The van der Waals surface area contributed by atoms with Gasteiger partial charge in [0.05, 0.1) is 7.11 Å². The van der Waals surface area contributed by atoms with E-state index in [4.69, 9.17) is 4.74 Å². The standard InChI is InChI=1S/C15H24N4O2/c1-21-14-5-2-4-13(12-14)18-15(20)17-6-3-9-19-10-7-16-8-11-19/h2,4-5,12,16H,3,6-11H2,1H3,(H2,17,18,20). The van der Waals surface area contributed by atoms with Crippen LogP contribution >= 0.6 is 0 Å². The molecule has 21 heavy (non-hydrogen) atoms. The summed E-state index contributed by atoms with van der Waals surface area (Å²) in [6.45, 7) is 6.01. The van der Waals surface area contributed by atoms with Gasteiger partial charge in [0.25, 0.3) is 0 Å². The first-order chi connectivity index (χ1) is 10.3. The zero-order chi connectivity index (χ0) is 14.9. The van der Waals surface area contributed by atoms with Crippen LogP contribution in [0, 0.1) is 0 Å². The van der Waals surface area contributed by atoms with Crippen LogP contribution in [0.4, 0.5) is 10.5 Å². The molecule has 1 saturated heterocycles. The Morgan fingerprint density at radius 1 is 1.38 bits per heavy atom. The molecule has 1 aromatic rings. The van der Waals surface area contributed by atoms with Crippen LogP contribution in [0.25, 0.3) is 0 Å². The van der Waals surface area contributed by atoms with Crippen molar-refractivity contribution in [3.63, 3.8) is 0 Å². The summed E-state index contributed by atoms with van der Waals surface area (Å²) in [6, 6.07) is 7.14. The van der Waals surface area contributed by atoms with Crippen molar-refractivity contribution in [2.75, 3.05) is 51.7 Å². The molecule has 0 bridgehead atoms. The highest BCUT2D eigenvalue weighted by Crippen LogP contribution is 2.16. The number of amides is 2. The van der Waals surface area contributed by atoms with Gasteiger partial charge in [-0.3, -0.25) is 0 Å². The van der Waals surface area contributed by atoms with Crippen LogP contribution in [0.2, 0.25) is 0 Å². The van der Waals surface area contributed by atoms with Gasteiger partial charge in [-0.2, -0.15) is 0 Å². The molecular formula is C15H24N4O2. The van der Waals surface area contributed by atoms with Crippen LogP contribution < -0.4 is 20.7 Å². The van der Waals surface area contributed by atoms with Crippen molar-refractivity contribution in [3.8, 4) is 5.75 Å². The van der Waals surface area contributed by atoms with E-state index in [-0.39, 0.29) is 6.03 Å². The summed E-state index contributed by atoms with van der Waals surface area (Å²) in [5.41, 5.74) is 0.731. The minimum Gasteiger partial charge on any atom is -0.497 e. The van der Waals surface area contributed by atoms with Crippen LogP contribution in [-0.4, -0.2) is 57.3 Å². The minimum absolute atomic E-state index is 0.177. The lowest BCUT2D eigenvalue weighted by Gasteiger charge is -2.27. The van der Waals surface area contributed by atoms with Crippen LogP contribution in [0.15, 0.2) is 24.3 Å². The SMILES string of the molecule is COc1cccc(NC(=O)NCCCN2CCNCC2)c1. The van der Waals surface area contributed by atoms with E-state index in [1.54, 1.807) is 13.2 Å². The maximum atomic E-state index is 11.8. The quantitative estimate of drug-likeness (QED) is 0.687. The molecule has 3 N–H and O–H groups in total. The normalized spacial score (nSPS) is 15.5. The average molecular weight is 292 g/mol. The van der Waals surface area contributed by atoms with Crippen molar-refractivity contribution >= 4 is 11.7 Å². The number of methoxy groups -OCH3 is 1. The predicted octanol–water partition coefficient (Wildman–Crippen LogP) is 1.11. The van der Waals surface area contributed by atoms with Crippen molar-refractivity contribution in [1.29, 1.82) is 0 Å². The van der Waals surface area contributed by atoms with Crippen LogP contribution in [0.5, 0.6) is 5.75 Å². The summed E-state index contributed by atoms with van der Waals surface area (Å²) in [6.07, 6.45) is 0.964. The third kappa shape index (κ3) is 5.61. The molecule has 1 aromatic carbocycles. The third-order valence-electron chi connectivity index (χ3n) is 3.47. The first-order valence-corrected chi connectivity index (χ1v) is 7.40. The van der Waals surface area contributed by atoms with Gasteiger partial charge in [0.2, 0.25) is 0 Å². The first-order valence-electron chi connectivity index (χ1n) is 7.40. The van der Waals surface area contributed by atoms with E-state index in [1.165, 1.54) is 0 Å². The molecular weight excluding hydrogens is 268 g/mol. The molecule has 2 rings (SSSR count). The Morgan fingerprint density at radius 2 is 2.19 bits per heavy atom. The molecule has 0 radical (unpaired) electrons. The van der Waals surface area contributed by atoms with E-state index in [2.05, 4.69) is 20.9 Å². The van der Waals surface area contributed by atoms with Gasteiger partial charge in [0.15, 0.2) is 0 Å². The third-order valence-corrected chi connectivity index (χ3v) is 3.47. The van der Waals surface area contributed by atoms with Gasteiger partial charge in [-0.25, -0.2) is 4.79 Å². The van der Waals surface area contributed by atoms with Gasteiger partial charge in [0, 0.05) is 44.5 Å². The summed E-state index contributed by atoms with van der Waals surface area (Å²) in [4.78, 5) is 14.2. The molecule has 116 valence electrons. The summed E-state index contributed by atoms with van der Waals surface area (Å²) in [5.74, 6) is 0.728. The molecule has 0 unspecified atom stereocenters. The molecule has 0 atom stereocenters. The van der Waals surface area contributed by atoms with E-state index < -0.39 is 0 Å². The number of carbonyl (C=O) groups excluding carboxylic acids is 1. The average Bonchev–Trinajstić information content (AvgIpc) is 2.53. The number of anilines is 1. The van der Waals surface area contributed by atoms with Gasteiger partial charge in [-0.05, 0) is 25.1 Å². The molecule has 0 aliphatic carbocycles. The van der Waals surface area contributed by atoms with Crippen molar-refractivity contribution in [1.82, 2.24) is 15.5 Å². The van der Waals surface area contributed by atoms with E-state index in [0.717, 1.165) is 50.6 Å². The Balaban J connectivity index is 1.62. The lowest BCUT2D eigenvalue weighted by Crippen LogP contribution is -2.44. The summed E-state index contributed by atoms with van der Waals surface area (Å²) in [7, 11) is 1.61. The maximum absolute atomic E-state index is 11.8. The molecule has 1 fully saturated rings. The second-order valence-corrected chi connectivity index (χ2v) is 5.06. The molecule has 6 heteroatoms. The number of rotatable bonds is 6. The highest BCUT2D eigenvalue weighted by atomic mass is 16.5. The summed E-state index contributed by atoms with van der Waals surface area (Å²) < 4.78 is 5.12. The molecule has 0 aromatic heterocycles. The van der Waals surface area contributed by atoms with Gasteiger partial charge >= 0.3 is 6.03 Å². The van der Waals surface area contributed by atoms with Crippen LogP contribution in [-0.2, 0) is 0 Å². The number of nitrogens with one attached hydrogen (secondary N) is 3. The van der Waals surface area contributed by atoms with Gasteiger partial charge in [-0.15, -0.1) is 0 Å². The second kappa shape index (κ2) is 8.49. The minimum atomic E-state index is -0.177. The molecule has 1 heterocycles. The number of hydrogen-bond donors (Lipinski definition) is 3. The highest BCUT2D eigenvalue weighted by molar-refractivity contribution is 5.89. The zero-order valence-electron chi connectivity index (χ0n) is 12.5. The predicted molar refractivity (Wildman–Crippen MR) is 83.9 cm³/mol. The van der Waals surface area contributed by atoms with Crippen molar-refractivity contribution in [2.45, 2.75) is 6.42 Å². The largest absolute Gasteiger partial charge is 0.497 e.